The zero-order chi connectivity index (χ0) is 15.1. The third kappa shape index (κ3) is 6.28. The molecule has 2 heteroatoms. The minimum Gasteiger partial charge on any atom is -0.312 e. The van der Waals surface area contributed by atoms with Gasteiger partial charge < -0.3 is 5.32 Å². The first-order chi connectivity index (χ1) is 10.1. The molecule has 21 heavy (non-hydrogen) atoms. The smallest absolute Gasteiger partial charge is 0.00982 e. The number of nitrogens with zero attached hydrogens (tertiary/aromatic N) is 1. The Kier molecular flexibility index (Phi) is 7.01. The average molecular weight is 295 g/mol. The van der Waals surface area contributed by atoms with Crippen LogP contribution in [0.4, 0.5) is 0 Å². The lowest BCUT2D eigenvalue weighted by Crippen LogP contribution is -2.46. The second-order valence-corrected chi connectivity index (χ2v) is 8.35. The largest absolute Gasteiger partial charge is 0.312 e. The maximum atomic E-state index is 3.66. The van der Waals surface area contributed by atoms with Crippen LogP contribution in [0.3, 0.4) is 0 Å². The second-order valence-electron chi connectivity index (χ2n) is 8.35. The molecule has 2 rings (SSSR count). The summed E-state index contributed by atoms with van der Waals surface area (Å²) in [4.78, 5) is 2.93. The van der Waals surface area contributed by atoms with Crippen molar-refractivity contribution in [2.24, 2.45) is 0 Å². The van der Waals surface area contributed by atoms with Gasteiger partial charge in [-0.1, -0.05) is 38.5 Å². The summed E-state index contributed by atoms with van der Waals surface area (Å²) in [6, 6.07) is 1.80. The zero-order valence-electron chi connectivity index (χ0n) is 14.8. The van der Waals surface area contributed by atoms with Crippen molar-refractivity contribution >= 4 is 0 Å². The first-order valence-corrected chi connectivity index (χ1v) is 9.57. The van der Waals surface area contributed by atoms with Gasteiger partial charge in [-0.3, -0.25) is 4.90 Å². The Morgan fingerprint density at radius 1 is 0.810 bits per heavy atom. The summed E-state index contributed by atoms with van der Waals surface area (Å²) in [5, 5.41) is 3.66. The lowest BCUT2D eigenvalue weighted by atomic mass is 9.88. The molecule has 0 bridgehead atoms. The maximum Gasteiger partial charge on any atom is 0.00982 e. The van der Waals surface area contributed by atoms with E-state index in [9.17, 15) is 0 Å². The fraction of sp³-hybridized carbons (Fsp3) is 1.00. The minimum absolute atomic E-state index is 0.264. The van der Waals surface area contributed by atoms with Crippen LogP contribution in [0.25, 0.3) is 0 Å². The molecule has 0 atom stereocenters. The van der Waals surface area contributed by atoms with Gasteiger partial charge in [0.2, 0.25) is 0 Å². The fourth-order valence-electron chi connectivity index (χ4n) is 4.21. The minimum atomic E-state index is 0.264. The van der Waals surface area contributed by atoms with E-state index in [2.05, 4.69) is 31.0 Å². The van der Waals surface area contributed by atoms with Crippen molar-refractivity contribution in [2.45, 2.75) is 109 Å². The average Bonchev–Trinajstić information content (AvgIpc) is 2.48. The number of rotatable bonds is 6. The quantitative estimate of drug-likeness (QED) is 0.712. The van der Waals surface area contributed by atoms with Gasteiger partial charge in [0.1, 0.15) is 0 Å². The Morgan fingerprint density at radius 2 is 1.29 bits per heavy atom. The van der Waals surface area contributed by atoms with Crippen LogP contribution in [-0.2, 0) is 0 Å². The molecule has 2 aliphatic carbocycles. The van der Waals surface area contributed by atoms with Gasteiger partial charge in [-0.2, -0.15) is 0 Å². The summed E-state index contributed by atoms with van der Waals surface area (Å²) >= 11 is 0. The molecule has 1 N–H and O–H groups in total. The second kappa shape index (κ2) is 8.53. The summed E-state index contributed by atoms with van der Waals surface area (Å²) < 4.78 is 0. The molecule has 2 saturated carbocycles. The normalized spacial score (nSPS) is 22.9. The molecule has 0 spiro atoms. The van der Waals surface area contributed by atoms with Gasteiger partial charge in [0.25, 0.3) is 0 Å². The van der Waals surface area contributed by atoms with E-state index < -0.39 is 0 Å². The third-order valence-corrected chi connectivity index (χ3v) is 5.34. The third-order valence-electron chi connectivity index (χ3n) is 5.34. The Morgan fingerprint density at radius 3 is 1.71 bits per heavy atom. The van der Waals surface area contributed by atoms with Gasteiger partial charge in [0.15, 0.2) is 0 Å². The topological polar surface area (TPSA) is 15.3 Å². The molecule has 0 saturated heterocycles. The Hall–Kier alpha value is -0.0800. The van der Waals surface area contributed by atoms with Crippen LogP contribution in [-0.4, -0.2) is 35.6 Å². The van der Waals surface area contributed by atoms with Crippen LogP contribution < -0.4 is 5.32 Å². The molecular weight excluding hydrogens is 256 g/mol. The summed E-state index contributed by atoms with van der Waals surface area (Å²) in [6.07, 6.45) is 16.0. The first-order valence-electron chi connectivity index (χ1n) is 9.57. The number of hydrogen-bond acceptors (Lipinski definition) is 2. The van der Waals surface area contributed by atoms with Crippen molar-refractivity contribution in [3.63, 3.8) is 0 Å². The molecule has 0 aromatic heterocycles. The van der Waals surface area contributed by atoms with E-state index in [1.807, 2.05) is 0 Å². The van der Waals surface area contributed by atoms with Gasteiger partial charge in [-0.25, -0.2) is 0 Å². The van der Waals surface area contributed by atoms with Crippen molar-refractivity contribution in [1.82, 2.24) is 10.2 Å². The summed E-state index contributed by atoms with van der Waals surface area (Å²) in [6.45, 7) is 9.30. The van der Waals surface area contributed by atoms with Crippen LogP contribution in [0.5, 0.6) is 0 Å². The zero-order valence-corrected chi connectivity index (χ0v) is 14.8. The van der Waals surface area contributed by atoms with E-state index in [0.29, 0.717) is 0 Å². The molecule has 0 unspecified atom stereocenters. The molecule has 0 radical (unpaired) electrons. The number of nitrogens with one attached hydrogen (secondary N) is 1. The molecule has 2 fully saturated rings. The molecule has 124 valence electrons. The van der Waals surface area contributed by atoms with Crippen LogP contribution in [0, 0.1) is 0 Å². The molecule has 0 aromatic carbocycles. The molecule has 0 heterocycles. The fourth-order valence-corrected chi connectivity index (χ4v) is 4.21. The Bertz CT molecular complexity index is 252. The van der Waals surface area contributed by atoms with Crippen molar-refractivity contribution in [1.29, 1.82) is 0 Å². The van der Waals surface area contributed by atoms with Crippen LogP contribution in [0.2, 0.25) is 0 Å². The van der Waals surface area contributed by atoms with Crippen molar-refractivity contribution in [3.8, 4) is 0 Å². The highest BCUT2D eigenvalue weighted by atomic mass is 15.2. The lowest BCUT2D eigenvalue weighted by molar-refractivity contribution is 0.0791. The molecular formula is C19H38N2. The summed E-state index contributed by atoms with van der Waals surface area (Å²) in [5.74, 6) is 0. The molecule has 0 amide bonds. The van der Waals surface area contributed by atoms with Crippen molar-refractivity contribution < 1.29 is 0 Å². The van der Waals surface area contributed by atoms with E-state index in [1.165, 1.54) is 83.7 Å². The molecule has 2 nitrogen and oxygen atoms in total. The maximum absolute atomic E-state index is 3.66. The summed E-state index contributed by atoms with van der Waals surface area (Å²) in [5.41, 5.74) is 0.264. The van der Waals surface area contributed by atoms with Crippen LogP contribution >= 0.6 is 0 Å². The van der Waals surface area contributed by atoms with Gasteiger partial charge in [0.05, 0.1) is 0 Å². The van der Waals surface area contributed by atoms with E-state index in [4.69, 9.17) is 0 Å². The van der Waals surface area contributed by atoms with Gasteiger partial charge >= 0.3 is 0 Å². The molecule has 0 aromatic rings. The highest BCUT2D eigenvalue weighted by Gasteiger charge is 2.28. The Labute approximate surface area is 133 Å². The van der Waals surface area contributed by atoms with Crippen LogP contribution in [0.1, 0.15) is 91.4 Å². The van der Waals surface area contributed by atoms with E-state index in [1.54, 1.807) is 0 Å². The van der Waals surface area contributed by atoms with Gasteiger partial charge in [-0.05, 0) is 66.0 Å². The molecule has 2 aliphatic rings. The summed E-state index contributed by atoms with van der Waals surface area (Å²) in [7, 11) is 0. The van der Waals surface area contributed by atoms with Crippen molar-refractivity contribution in [2.75, 3.05) is 13.1 Å². The van der Waals surface area contributed by atoms with Crippen LogP contribution in [0.15, 0.2) is 0 Å². The monoisotopic (exact) mass is 294 g/mol. The Balaban J connectivity index is 1.82. The number of hydrogen-bond donors (Lipinski definition) is 1. The van der Waals surface area contributed by atoms with Gasteiger partial charge in [0, 0.05) is 17.6 Å². The van der Waals surface area contributed by atoms with Crippen molar-refractivity contribution in [3.05, 3.63) is 0 Å². The standard InChI is InChI=1S/C19H38N2/c1-19(2,3)20-15-10-16-21(17-11-6-4-7-12-17)18-13-8-5-9-14-18/h17-18,20H,4-16H2,1-3H3. The van der Waals surface area contributed by atoms with E-state index >= 15 is 0 Å². The molecule has 0 aliphatic heterocycles. The van der Waals surface area contributed by atoms with E-state index in [0.717, 1.165) is 12.1 Å². The predicted molar refractivity (Wildman–Crippen MR) is 92.8 cm³/mol. The highest BCUT2D eigenvalue weighted by molar-refractivity contribution is 4.84. The van der Waals surface area contributed by atoms with Gasteiger partial charge in [-0.15, -0.1) is 0 Å². The lowest BCUT2D eigenvalue weighted by Gasteiger charge is -2.42. The SMILES string of the molecule is CC(C)(C)NCCCN(C1CCCCC1)C1CCCCC1. The predicted octanol–water partition coefficient (Wildman–Crippen LogP) is 4.73. The first kappa shape index (κ1) is 17.3. The van der Waals surface area contributed by atoms with E-state index in [-0.39, 0.29) is 5.54 Å². The highest BCUT2D eigenvalue weighted by Crippen LogP contribution is 2.30.